The molecule has 57 heavy (non-hydrogen) atoms. The summed E-state index contributed by atoms with van der Waals surface area (Å²) < 4.78 is 42.0. The summed E-state index contributed by atoms with van der Waals surface area (Å²) in [6, 6.07) is 56.4. The zero-order valence-corrected chi connectivity index (χ0v) is 30.3. The monoisotopic (exact) mass is 732 g/mol. The van der Waals surface area contributed by atoms with Crippen molar-refractivity contribution >= 4 is 65.4 Å². The molecule has 0 bridgehead atoms. The van der Waals surface area contributed by atoms with E-state index in [0.29, 0.717) is 33.5 Å². The lowest BCUT2D eigenvalue weighted by Crippen LogP contribution is -2.09. The van der Waals surface area contributed by atoms with Crippen LogP contribution in [0.2, 0.25) is 0 Å². The first kappa shape index (κ1) is 27.7. The molecule has 4 heterocycles. The Hall–Kier alpha value is -7.83. The van der Waals surface area contributed by atoms with Gasteiger partial charge in [0.05, 0.1) is 50.0 Å². The standard InChI is InChI=1S/C51H32N6/c1-9-25-41-33(17-1)34-18-2-10-26-42(34)55(41)47-31-15-7-23-39(47)49-52-50(54-51(53-49)57-45-29-13-5-21-37(45)38-22-6-14-30-46(38)57)40-24-8-16-32-48(40)56-43-27-11-3-19-35(43)36-20-4-12-28-44(36)56/h1-32H/i5D,13D,21D,29D. The maximum Gasteiger partial charge on any atom is 0.238 e. The molecule has 0 aliphatic rings. The van der Waals surface area contributed by atoms with Crippen molar-refractivity contribution in [3.8, 4) is 40.1 Å². The van der Waals surface area contributed by atoms with Crippen molar-refractivity contribution in [3.05, 3.63) is 194 Å². The molecule has 0 radical (unpaired) electrons. The van der Waals surface area contributed by atoms with Crippen LogP contribution in [0, 0.1) is 0 Å². The third kappa shape index (κ3) is 4.68. The summed E-state index contributed by atoms with van der Waals surface area (Å²) in [5, 5.41) is 5.59. The fourth-order valence-corrected chi connectivity index (χ4v) is 8.66. The van der Waals surface area contributed by atoms with Crippen LogP contribution in [0.4, 0.5) is 0 Å². The van der Waals surface area contributed by atoms with Gasteiger partial charge in [-0.15, -0.1) is 0 Å². The third-order valence-electron chi connectivity index (χ3n) is 11.1. The van der Waals surface area contributed by atoms with Gasteiger partial charge in [0.15, 0.2) is 11.6 Å². The lowest BCUT2D eigenvalue weighted by molar-refractivity contribution is 0.950. The Morgan fingerprint density at radius 1 is 0.316 bits per heavy atom. The molecule has 0 spiro atoms. The van der Waals surface area contributed by atoms with E-state index in [-0.39, 0.29) is 30.1 Å². The van der Waals surface area contributed by atoms with E-state index in [1.807, 2.05) is 60.7 Å². The number of para-hydroxylation sites is 8. The molecule has 0 N–H and O–H groups in total. The van der Waals surface area contributed by atoms with Gasteiger partial charge in [-0.2, -0.15) is 9.97 Å². The van der Waals surface area contributed by atoms with Crippen LogP contribution in [0.3, 0.4) is 0 Å². The van der Waals surface area contributed by atoms with Crippen molar-refractivity contribution in [2.24, 2.45) is 0 Å². The molecular formula is C51H32N6. The molecule has 6 nitrogen and oxygen atoms in total. The highest BCUT2D eigenvalue weighted by molar-refractivity contribution is 6.11. The number of benzene rings is 8. The van der Waals surface area contributed by atoms with Gasteiger partial charge in [0.25, 0.3) is 0 Å². The number of fused-ring (bicyclic) bond motifs is 9. The van der Waals surface area contributed by atoms with Crippen molar-refractivity contribution in [1.82, 2.24) is 28.7 Å². The zero-order chi connectivity index (χ0) is 40.9. The zero-order valence-electron chi connectivity index (χ0n) is 34.3. The highest BCUT2D eigenvalue weighted by Crippen LogP contribution is 2.39. The quantitative estimate of drug-likeness (QED) is 0.177. The van der Waals surface area contributed by atoms with Crippen molar-refractivity contribution < 1.29 is 5.48 Å². The Morgan fingerprint density at radius 3 is 1.12 bits per heavy atom. The minimum absolute atomic E-state index is 0.117. The minimum atomic E-state index is -0.329. The lowest BCUT2D eigenvalue weighted by Gasteiger charge is -2.17. The average Bonchev–Trinajstić information content (AvgIpc) is 3.96. The summed E-state index contributed by atoms with van der Waals surface area (Å²) in [6.45, 7) is 0. The number of hydrogen-bond donors (Lipinski definition) is 0. The number of rotatable bonds is 5. The third-order valence-corrected chi connectivity index (χ3v) is 11.1. The SMILES string of the molecule is [2H]c1c([2H])c([2H])c2c(c1[2H])c1ccccc1n2-c1nc(-c2ccccc2-n2c3ccccc3c3ccccc32)nc(-c2ccccc2-n2c3ccccc3c3ccccc32)n1. The highest BCUT2D eigenvalue weighted by Gasteiger charge is 2.23. The second kappa shape index (κ2) is 12.3. The van der Waals surface area contributed by atoms with E-state index in [0.717, 1.165) is 66.1 Å². The first-order chi connectivity index (χ1) is 30.0. The van der Waals surface area contributed by atoms with Gasteiger partial charge < -0.3 is 9.13 Å². The molecular weight excluding hydrogens is 697 g/mol. The molecule has 0 saturated heterocycles. The summed E-state index contributed by atoms with van der Waals surface area (Å²) in [7, 11) is 0. The highest BCUT2D eigenvalue weighted by atomic mass is 15.2. The van der Waals surface area contributed by atoms with Crippen molar-refractivity contribution in [3.63, 3.8) is 0 Å². The van der Waals surface area contributed by atoms with Gasteiger partial charge in [-0.1, -0.05) is 133 Å². The van der Waals surface area contributed by atoms with Gasteiger partial charge in [-0.3, -0.25) is 4.57 Å². The molecule has 4 aromatic heterocycles. The number of hydrogen-bond acceptors (Lipinski definition) is 3. The number of aromatic nitrogens is 6. The Bertz CT molecular complexity index is 3510. The molecule has 12 rings (SSSR count). The smallest absolute Gasteiger partial charge is 0.238 e. The Kier molecular flexibility index (Phi) is 6.00. The van der Waals surface area contributed by atoms with Gasteiger partial charge in [0.2, 0.25) is 5.95 Å². The summed E-state index contributed by atoms with van der Waals surface area (Å²) in [5.74, 6) is 1.03. The number of nitrogens with zero attached hydrogens (tertiary/aromatic N) is 6. The maximum absolute atomic E-state index is 9.26. The predicted octanol–water partition coefficient (Wildman–Crippen LogP) is 12.5. The van der Waals surface area contributed by atoms with Crippen molar-refractivity contribution in [2.75, 3.05) is 0 Å². The van der Waals surface area contributed by atoms with E-state index < -0.39 is 0 Å². The molecule has 0 fully saturated rings. The molecule has 12 aromatic rings. The van der Waals surface area contributed by atoms with Crippen LogP contribution in [0.1, 0.15) is 5.48 Å². The molecule has 0 atom stereocenters. The molecule has 0 aliphatic carbocycles. The van der Waals surface area contributed by atoms with E-state index in [1.54, 1.807) is 4.57 Å². The van der Waals surface area contributed by atoms with Crippen molar-refractivity contribution in [1.29, 1.82) is 0 Å². The molecule has 266 valence electrons. The summed E-state index contributed by atoms with van der Waals surface area (Å²) in [4.78, 5) is 15.9. The van der Waals surface area contributed by atoms with Crippen molar-refractivity contribution in [2.45, 2.75) is 0 Å². The van der Waals surface area contributed by atoms with E-state index in [2.05, 4.69) is 118 Å². The van der Waals surface area contributed by atoms with Crippen LogP contribution < -0.4 is 0 Å². The van der Waals surface area contributed by atoms with Gasteiger partial charge >= 0.3 is 0 Å². The van der Waals surface area contributed by atoms with Gasteiger partial charge in [0.1, 0.15) is 0 Å². The fourth-order valence-electron chi connectivity index (χ4n) is 8.66. The van der Waals surface area contributed by atoms with Gasteiger partial charge in [0, 0.05) is 43.4 Å². The summed E-state index contributed by atoms with van der Waals surface area (Å²) in [5.41, 5.74) is 8.39. The summed E-state index contributed by atoms with van der Waals surface area (Å²) >= 11 is 0. The maximum atomic E-state index is 9.26. The van der Waals surface area contributed by atoms with E-state index in [4.69, 9.17) is 19.1 Å². The van der Waals surface area contributed by atoms with Crippen LogP contribution in [-0.4, -0.2) is 28.7 Å². The predicted molar refractivity (Wildman–Crippen MR) is 234 cm³/mol. The van der Waals surface area contributed by atoms with Crippen LogP contribution in [0.15, 0.2) is 194 Å². The largest absolute Gasteiger partial charge is 0.309 e. The Balaban J connectivity index is 1.21. The van der Waals surface area contributed by atoms with E-state index in [9.17, 15) is 1.37 Å². The fraction of sp³-hybridized carbons (Fsp3) is 0. The topological polar surface area (TPSA) is 53.5 Å². The van der Waals surface area contributed by atoms with E-state index in [1.165, 1.54) is 0 Å². The Morgan fingerprint density at radius 2 is 0.667 bits per heavy atom. The molecule has 8 aromatic carbocycles. The lowest BCUT2D eigenvalue weighted by atomic mass is 10.1. The van der Waals surface area contributed by atoms with E-state index >= 15 is 0 Å². The first-order valence-corrected chi connectivity index (χ1v) is 18.9. The van der Waals surface area contributed by atoms with Crippen LogP contribution in [0.25, 0.3) is 106 Å². The second-order valence-corrected chi connectivity index (χ2v) is 14.1. The molecule has 0 amide bonds. The van der Waals surface area contributed by atoms with Crippen LogP contribution >= 0.6 is 0 Å². The molecule has 0 aliphatic heterocycles. The second-order valence-electron chi connectivity index (χ2n) is 14.1. The normalized spacial score (nSPS) is 12.8. The van der Waals surface area contributed by atoms with Crippen LogP contribution in [-0.2, 0) is 0 Å². The minimum Gasteiger partial charge on any atom is -0.309 e. The summed E-state index contributed by atoms with van der Waals surface area (Å²) in [6.07, 6.45) is 0. The molecule has 6 heteroatoms. The van der Waals surface area contributed by atoms with Gasteiger partial charge in [-0.05, 0) is 60.6 Å². The Labute approximate surface area is 332 Å². The molecule has 0 saturated carbocycles. The van der Waals surface area contributed by atoms with Gasteiger partial charge in [-0.25, -0.2) is 4.98 Å². The van der Waals surface area contributed by atoms with Crippen LogP contribution in [0.5, 0.6) is 0 Å². The molecule has 0 unspecified atom stereocenters. The first-order valence-electron chi connectivity index (χ1n) is 20.9. The average molecular weight is 733 g/mol.